The molecule has 0 fully saturated rings. The van der Waals surface area contributed by atoms with Crippen LogP contribution in [0.3, 0.4) is 0 Å². The highest BCUT2D eigenvalue weighted by Crippen LogP contribution is 2.32. The number of benzene rings is 2. The van der Waals surface area contributed by atoms with Crippen molar-refractivity contribution in [3.63, 3.8) is 0 Å². The molecule has 29 heavy (non-hydrogen) atoms. The molecule has 0 radical (unpaired) electrons. The molecule has 152 valence electrons. The highest BCUT2D eigenvalue weighted by atomic mass is 19.1. The molecule has 0 aromatic heterocycles. The molecule has 2 aromatic rings. The average molecular weight is 396 g/mol. The van der Waals surface area contributed by atoms with Gasteiger partial charge in [0.1, 0.15) is 11.5 Å². The zero-order valence-corrected chi connectivity index (χ0v) is 16.9. The summed E-state index contributed by atoms with van der Waals surface area (Å²) >= 11 is 0. The van der Waals surface area contributed by atoms with Gasteiger partial charge in [-0.3, -0.25) is 14.5 Å². The van der Waals surface area contributed by atoms with E-state index in [1.807, 2.05) is 32.0 Å². The lowest BCUT2D eigenvalue weighted by Gasteiger charge is -2.20. The van der Waals surface area contributed by atoms with E-state index >= 15 is 0 Å². The normalized spacial score (nSPS) is 14.2. The van der Waals surface area contributed by atoms with Crippen molar-refractivity contribution in [3.05, 3.63) is 76.2 Å². The van der Waals surface area contributed by atoms with Gasteiger partial charge in [-0.05, 0) is 54.7 Å². The van der Waals surface area contributed by atoms with Gasteiger partial charge in [0.15, 0.2) is 0 Å². The Morgan fingerprint density at radius 2 is 1.69 bits per heavy atom. The first-order valence-corrected chi connectivity index (χ1v) is 9.58. The molecule has 0 atom stereocenters. The van der Waals surface area contributed by atoms with Gasteiger partial charge in [-0.2, -0.15) is 0 Å². The first-order valence-electron chi connectivity index (χ1n) is 9.58. The lowest BCUT2D eigenvalue weighted by molar-refractivity contribution is -0.137. The fraction of sp³-hybridized carbons (Fsp3) is 0.304. The highest BCUT2D eigenvalue weighted by Gasteiger charge is 2.40. The van der Waals surface area contributed by atoms with Gasteiger partial charge in [0.25, 0.3) is 11.8 Å². The van der Waals surface area contributed by atoms with Gasteiger partial charge in [-0.15, -0.1) is 0 Å². The molecule has 0 saturated heterocycles. The SMILES string of the molecule is Cc1ccc(C2=C(N(C)CCO)C(=O)N(CCc3ccc(F)cc3)C2=O)cc1C. The Morgan fingerprint density at radius 3 is 2.31 bits per heavy atom. The van der Waals surface area contributed by atoms with Crippen LogP contribution in [0.5, 0.6) is 0 Å². The molecule has 2 amide bonds. The number of carbonyl (C=O) groups is 2. The zero-order chi connectivity index (χ0) is 21.1. The zero-order valence-electron chi connectivity index (χ0n) is 16.9. The maximum atomic E-state index is 13.2. The molecule has 3 rings (SSSR count). The van der Waals surface area contributed by atoms with E-state index in [0.29, 0.717) is 23.3 Å². The van der Waals surface area contributed by atoms with E-state index in [-0.39, 0.29) is 37.3 Å². The van der Waals surface area contributed by atoms with E-state index in [1.54, 1.807) is 24.1 Å². The van der Waals surface area contributed by atoms with Gasteiger partial charge < -0.3 is 10.0 Å². The van der Waals surface area contributed by atoms with Crippen LogP contribution < -0.4 is 0 Å². The van der Waals surface area contributed by atoms with E-state index in [1.165, 1.54) is 17.0 Å². The van der Waals surface area contributed by atoms with Gasteiger partial charge in [0.05, 0.1) is 12.2 Å². The topological polar surface area (TPSA) is 60.9 Å². The second-order valence-electron chi connectivity index (χ2n) is 7.31. The van der Waals surface area contributed by atoms with Crippen molar-refractivity contribution >= 4 is 17.4 Å². The Balaban J connectivity index is 1.93. The smallest absolute Gasteiger partial charge is 0.277 e. The largest absolute Gasteiger partial charge is 0.395 e. The molecule has 0 saturated carbocycles. The molecular formula is C23H25FN2O3. The number of halogens is 1. The molecule has 6 heteroatoms. The van der Waals surface area contributed by atoms with Crippen LogP contribution in [0.1, 0.15) is 22.3 Å². The molecule has 1 aliphatic rings. The molecule has 1 aliphatic heterocycles. The lowest BCUT2D eigenvalue weighted by Crippen LogP contribution is -2.36. The monoisotopic (exact) mass is 396 g/mol. The lowest BCUT2D eigenvalue weighted by atomic mass is 9.99. The number of likely N-dealkylation sites (N-methyl/N-ethyl adjacent to an activating group) is 1. The summed E-state index contributed by atoms with van der Waals surface area (Å²) in [5.41, 5.74) is 4.32. The van der Waals surface area contributed by atoms with Crippen LogP contribution in [0.25, 0.3) is 5.57 Å². The Morgan fingerprint density at radius 1 is 1.00 bits per heavy atom. The van der Waals surface area contributed by atoms with Crippen molar-refractivity contribution in [3.8, 4) is 0 Å². The third-order valence-corrected chi connectivity index (χ3v) is 5.29. The number of aryl methyl sites for hydroxylation is 2. The van der Waals surface area contributed by atoms with Crippen LogP contribution in [0, 0.1) is 19.7 Å². The van der Waals surface area contributed by atoms with Gasteiger partial charge in [0, 0.05) is 20.1 Å². The quantitative estimate of drug-likeness (QED) is 0.731. The van der Waals surface area contributed by atoms with Gasteiger partial charge in [0.2, 0.25) is 0 Å². The summed E-state index contributed by atoms with van der Waals surface area (Å²) in [5, 5.41) is 9.32. The van der Waals surface area contributed by atoms with Crippen molar-refractivity contribution in [2.75, 3.05) is 26.7 Å². The fourth-order valence-corrected chi connectivity index (χ4v) is 3.43. The van der Waals surface area contributed by atoms with Gasteiger partial charge in [-0.1, -0.05) is 30.3 Å². The van der Waals surface area contributed by atoms with E-state index in [9.17, 15) is 19.1 Å². The number of aliphatic hydroxyl groups excluding tert-OH is 1. The fourth-order valence-electron chi connectivity index (χ4n) is 3.43. The number of rotatable bonds is 7. The second kappa shape index (κ2) is 8.57. The van der Waals surface area contributed by atoms with Gasteiger partial charge >= 0.3 is 0 Å². The Kier molecular flexibility index (Phi) is 6.13. The third kappa shape index (κ3) is 4.22. The van der Waals surface area contributed by atoms with Crippen molar-refractivity contribution in [2.45, 2.75) is 20.3 Å². The van der Waals surface area contributed by atoms with Crippen molar-refractivity contribution in [1.29, 1.82) is 0 Å². The van der Waals surface area contributed by atoms with Crippen LogP contribution in [0.4, 0.5) is 4.39 Å². The number of hydrogen-bond donors (Lipinski definition) is 1. The van der Waals surface area contributed by atoms with Crippen molar-refractivity contribution in [1.82, 2.24) is 9.80 Å². The van der Waals surface area contributed by atoms with E-state index in [4.69, 9.17) is 0 Å². The van der Waals surface area contributed by atoms with Crippen LogP contribution in [0.2, 0.25) is 0 Å². The molecule has 5 nitrogen and oxygen atoms in total. The number of nitrogens with zero attached hydrogens (tertiary/aromatic N) is 2. The summed E-state index contributed by atoms with van der Waals surface area (Å²) in [5.74, 6) is -1.05. The minimum atomic E-state index is -0.374. The summed E-state index contributed by atoms with van der Waals surface area (Å²) in [6, 6.07) is 11.7. The van der Waals surface area contributed by atoms with Gasteiger partial charge in [-0.25, -0.2) is 4.39 Å². The van der Waals surface area contributed by atoms with Crippen molar-refractivity contribution < 1.29 is 19.1 Å². The first kappa shape index (κ1) is 20.7. The van der Waals surface area contributed by atoms with Crippen LogP contribution >= 0.6 is 0 Å². The minimum absolute atomic E-state index is 0.128. The molecular weight excluding hydrogens is 371 g/mol. The maximum absolute atomic E-state index is 13.2. The first-order chi connectivity index (χ1) is 13.8. The molecule has 0 unspecified atom stereocenters. The van der Waals surface area contributed by atoms with Crippen LogP contribution in [0.15, 0.2) is 48.2 Å². The molecule has 1 heterocycles. The number of aliphatic hydroxyl groups is 1. The number of carbonyl (C=O) groups excluding carboxylic acids is 2. The Hall–Kier alpha value is -2.99. The second-order valence-corrected chi connectivity index (χ2v) is 7.31. The molecule has 0 bridgehead atoms. The third-order valence-electron chi connectivity index (χ3n) is 5.29. The average Bonchev–Trinajstić information content (AvgIpc) is 2.94. The standard InChI is InChI=1S/C23H25FN2O3/c1-15-4-7-18(14-16(15)2)20-21(25(3)12-13-27)23(29)26(22(20)28)11-10-17-5-8-19(24)9-6-17/h4-9,14,27H,10-13H2,1-3H3. The number of hydrogen-bond acceptors (Lipinski definition) is 4. The van der Waals surface area contributed by atoms with Crippen LogP contribution in [-0.4, -0.2) is 53.5 Å². The van der Waals surface area contributed by atoms with E-state index < -0.39 is 0 Å². The molecule has 1 N–H and O–H groups in total. The predicted octanol–water partition coefficient (Wildman–Crippen LogP) is 2.69. The van der Waals surface area contributed by atoms with E-state index in [0.717, 1.165) is 16.7 Å². The minimum Gasteiger partial charge on any atom is -0.395 e. The summed E-state index contributed by atoms with van der Waals surface area (Å²) in [6.45, 7) is 4.27. The number of imide groups is 1. The molecule has 0 spiro atoms. The summed E-state index contributed by atoms with van der Waals surface area (Å²) in [7, 11) is 1.70. The summed E-state index contributed by atoms with van der Waals surface area (Å²) in [4.78, 5) is 29.2. The van der Waals surface area contributed by atoms with Crippen molar-refractivity contribution in [2.24, 2.45) is 0 Å². The molecule has 2 aromatic carbocycles. The predicted molar refractivity (Wildman–Crippen MR) is 109 cm³/mol. The summed E-state index contributed by atoms with van der Waals surface area (Å²) < 4.78 is 13.1. The molecule has 0 aliphatic carbocycles. The number of amides is 2. The Labute approximate surface area is 170 Å². The van der Waals surface area contributed by atoms with Crippen LogP contribution in [-0.2, 0) is 16.0 Å². The highest BCUT2D eigenvalue weighted by molar-refractivity contribution is 6.35. The Bertz CT molecular complexity index is 967. The maximum Gasteiger partial charge on any atom is 0.277 e. The summed E-state index contributed by atoms with van der Waals surface area (Å²) in [6.07, 6.45) is 0.439. The van der Waals surface area contributed by atoms with E-state index in [2.05, 4.69) is 0 Å².